The molecule has 234 valence electrons. The zero-order valence-corrected chi connectivity index (χ0v) is 25.1. The maximum atomic E-state index is 13.0. The number of phenols is 1. The number of phenolic OH excluding ortho intramolecular Hbond substituents is 1. The van der Waals surface area contributed by atoms with Gasteiger partial charge in [-0.05, 0) is 104 Å². The van der Waals surface area contributed by atoms with E-state index in [1.165, 1.54) is 11.1 Å². The third-order valence-electron chi connectivity index (χ3n) is 10.6. The van der Waals surface area contributed by atoms with Gasteiger partial charge in [0.15, 0.2) is 0 Å². The zero-order valence-electron chi connectivity index (χ0n) is 24.2. The molecule has 3 unspecified atom stereocenters. The van der Waals surface area contributed by atoms with Crippen molar-refractivity contribution in [1.29, 1.82) is 0 Å². The molecule has 0 amide bonds. The van der Waals surface area contributed by atoms with Crippen LogP contribution in [-0.2, 0) is 17.2 Å². The fourth-order valence-electron chi connectivity index (χ4n) is 8.28. The van der Waals surface area contributed by atoms with E-state index < -0.39 is 35.7 Å². The summed E-state index contributed by atoms with van der Waals surface area (Å²) in [6.07, 6.45) is 5.97. The van der Waals surface area contributed by atoms with E-state index in [1.807, 2.05) is 12.1 Å². The van der Waals surface area contributed by atoms with Crippen molar-refractivity contribution >= 4 is 10.8 Å². The molecule has 0 aromatic heterocycles. The van der Waals surface area contributed by atoms with E-state index >= 15 is 0 Å². The lowest BCUT2D eigenvalue weighted by molar-refractivity contribution is -0.284. The van der Waals surface area contributed by atoms with E-state index in [2.05, 4.69) is 13.0 Å². The number of benzene rings is 1. The molecule has 0 heterocycles. The first kappa shape index (κ1) is 32.7. The van der Waals surface area contributed by atoms with Gasteiger partial charge in [0, 0.05) is 28.7 Å². The van der Waals surface area contributed by atoms with Crippen LogP contribution in [-0.4, -0.2) is 44.1 Å². The summed E-state index contributed by atoms with van der Waals surface area (Å²) in [6.45, 7) is 2.30. The van der Waals surface area contributed by atoms with Crippen molar-refractivity contribution in [2.24, 2.45) is 23.2 Å². The molecule has 3 aliphatic rings. The molecule has 3 nitrogen and oxygen atoms in total. The van der Waals surface area contributed by atoms with Gasteiger partial charge < -0.3 is 10.2 Å². The smallest absolute Gasteiger partial charge is 0.453 e. The summed E-state index contributed by atoms with van der Waals surface area (Å²) in [4.78, 5) is 0. The van der Waals surface area contributed by atoms with Gasteiger partial charge in [-0.25, -0.2) is 0 Å². The number of aliphatic hydroxyl groups is 1. The predicted octanol–water partition coefficient (Wildman–Crippen LogP) is 8.68. The zero-order chi connectivity index (χ0) is 29.8. The van der Waals surface area contributed by atoms with E-state index in [1.54, 1.807) is 0 Å². The number of fused-ring (bicyclic) bond motifs is 5. The first-order valence-corrected chi connectivity index (χ1v) is 17.1. The molecular weight excluding hydrogens is 559 g/mol. The monoisotopic (exact) mass is 606 g/mol. The topological polar surface area (TPSA) is 57.5 Å². The Morgan fingerprint density at radius 1 is 0.927 bits per heavy atom. The number of aromatic hydroxyl groups is 1. The van der Waals surface area contributed by atoms with Crippen LogP contribution >= 0.6 is 0 Å². The lowest BCUT2D eigenvalue weighted by Crippen LogP contribution is -2.47. The van der Waals surface area contributed by atoms with Crippen LogP contribution in [0, 0.1) is 23.2 Å². The first-order chi connectivity index (χ1) is 19.3. The maximum absolute atomic E-state index is 13.0. The highest BCUT2D eigenvalue weighted by Gasteiger charge is 2.57. The van der Waals surface area contributed by atoms with E-state index in [-0.39, 0.29) is 17.3 Å². The molecule has 0 spiro atoms. The maximum Gasteiger partial charge on any atom is 0.453 e. The van der Waals surface area contributed by atoms with Crippen LogP contribution < -0.4 is 0 Å². The largest absolute Gasteiger partial charge is 0.508 e. The van der Waals surface area contributed by atoms with Crippen molar-refractivity contribution in [3.63, 3.8) is 0 Å². The Labute approximate surface area is 244 Å². The Hall–Kier alpha value is -1.22. The number of unbranched alkanes of at least 4 members (excludes halogenated alkanes) is 6. The minimum absolute atomic E-state index is 0.0195. The Morgan fingerprint density at radius 3 is 2.29 bits per heavy atom. The summed E-state index contributed by atoms with van der Waals surface area (Å²) in [7, 11) is -1.35. The fraction of sp³-hybridized carbons (Fsp3) is 0.812. The van der Waals surface area contributed by atoms with Gasteiger partial charge in [0.1, 0.15) is 5.75 Å². The quantitative estimate of drug-likeness (QED) is 0.165. The molecule has 1 aromatic rings. The normalized spacial score (nSPS) is 30.5. The predicted molar refractivity (Wildman–Crippen MR) is 153 cm³/mol. The second kappa shape index (κ2) is 13.6. The summed E-state index contributed by atoms with van der Waals surface area (Å²) < 4.78 is 74.5. The van der Waals surface area contributed by atoms with Crippen LogP contribution in [0.25, 0.3) is 0 Å². The van der Waals surface area contributed by atoms with Crippen molar-refractivity contribution in [2.75, 3.05) is 11.5 Å². The van der Waals surface area contributed by atoms with Gasteiger partial charge in [0.2, 0.25) is 0 Å². The molecule has 9 heteroatoms. The molecule has 41 heavy (non-hydrogen) atoms. The van der Waals surface area contributed by atoms with Crippen molar-refractivity contribution in [3.05, 3.63) is 29.3 Å². The van der Waals surface area contributed by atoms with Gasteiger partial charge in [-0.1, -0.05) is 51.5 Å². The Morgan fingerprint density at radius 2 is 1.59 bits per heavy atom. The summed E-state index contributed by atoms with van der Waals surface area (Å²) in [5.41, 5.74) is 2.73. The minimum Gasteiger partial charge on any atom is -0.508 e. The van der Waals surface area contributed by atoms with Gasteiger partial charge in [-0.2, -0.15) is 22.0 Å². The molecule has 0 bridgehead atoms. The number of alkyl halides is 5. The van der Waals surface area contributed by atoms with Gasteiger partial charge >= 0.3 is 12.1 Å². The summed E-state index contributed by atoms with van der Waals surface area (Å²) in [5, 5.41) is 21.0. The van der Waals surface area contributed by atoms with Crippen LogP contribution in [0.5, 0.6) is 5.75 Å². The average molecular weight is 607 g/mol. The molecule has 1 aromatic carbocycles. The molecule has 4 rings (SSSR count). The highest BCUT2D eigenvalue weighted by molar-refractivity contribution is 7.84. The molecule has 7 atom stereocenters. The van der Waals surface area contributed by atoms with Crippen molar-refractivity contribution in [2.45, 2.75) is 127 Å². The first-order valence-electron chi connectivity index (χ1n) is 15.6. The van der Waals surface area contributed by atoms with Gasteiger partial charge in [0.05, 0.1) is 6.10 Å². The highest BCUT2D eigenvalue weighted by Crippen LogP contribution is 2.62. The molecule has 2 N–H and O–H groups in total. The average Bonchev–Trinajstić information content (AvgIpc) is 3.20. The van der Waals surface area contributed by atoms with Crippen molar-refractivity contribution in [3.8, 4) is 5.75 Å². The third kappa shape index (κ3) is 7.66. The third-order valence-corrected chi connectivity index (χ3v) is 12.0. The number of halogens is 5. The van der Waals surface area contributed by atoms with Crippen molar-refractivity contribution in [1.82, 2.24) is 0 Å². The number of hydrogen-bond donors (Lipinski definition) is 2. The molecular formula is C32H47F5O3S. The van der Waals surface area contributed by atoms with Crippen LogP contribution in [0.4, 0.5) is 22.0 Å². The van der Waals surface area contributed by atoms with E-state index in [0.717, 1.165) is 77.0 Å². The van der Waals surface area contributed by atoms with E-state index in [0.29, 0.717) is 41.6 Å². The molecule has 0 radical (unpaired) electrons. The van der Waals surface area contributed by atoms with Crippen LogP contribution in [0.1, 0.15) is 114 Å². The van der Waals surface area contributed by atoms with Gasteiger partial charge in [-0.15, -0.1) is 0 Å². The Kier molecular flexibility index (Phi) is 10.8. The second-order valence-corrected chi connectivity index (χ2v) is 14.9. The highest BCUT2D eigenvalue weighted by atomic mass is 32.2. The molecule has 2 saturated carbocycles. The lowest BCUT2D eigenvalue weighted by atomic mass is 9.52. The Balaban J connectivity index is 1.15. The van der Waals surface area contributed by atoms with Crippen molar-refractivity contribution < 1.29 is 36.4 Å². The summed E-state index contributed by atoms with van der Waals surface area (Å²) >= 11 is 0. The molecule has 0 saturated heterocycles. The minimum atomic E-state index is -5.54. The standard InChI is InChI=1S/C32H47F5O3S/c1-30-17-15-26-25-12-11-24(38)21-23(25)20-22(29(26)27(30)13-14-28(30)39)10-7-5-3-2-4-6-8-18-41(40)19-9-16-31(33,34)32(35,36)37/h11-12,21-22,26-29,38-39H,2-10,13-20H2,1H3/t22-,26?,27?,28+,29?,30+,41-/m1/s1. The molecule has 2 fully saturated rings. The number of aliphatic hydroxyl groups excluding tert-OH is 1. The second-order valence-electron chi connectivity index (χ2n) is 13.2. The number of rotatable bonds is 14. The molecule has 0 aliphatic heterocycles. The van der Waals surface area contributed by atoms with Crippen LogP contribution in [0.3, 0.4) is 0 Å². The van der Waals surface area contributed by atoms with Gasteiger partial charge in [-0.3, -0.25) is 4.21 Å². The van der Waals surface area contributed by atoms with Crippen LogP contribution in [0.15, 0.2) is 18.2 Å². The SMILES string of the molecule is C[C@]12CCC3c4ccc(O)cc4C[C@@H](CCCCCCCCC[S@@](=O)CCCC(F)(F)C(F)(F)F)C3C1CC[C@@H]2O. The lowest BCUT2D eigenvalue weighted by Gasteiger charge is -2.53. The number of hydrogen-bond acceptors (Lipinski definition) is 3. The van der Waals surface area contributed by atoms with Gasteiger partial charge in [0.25, 0.3) is 0 Å². The summed E-state index contributed by atoms with van der Waals surface area (Å²) in [5.74, 6) is -1.91. The molecule has 3 aliphatic carbocycles. The summed E-state index contributed by atoms with van der Waals surface area (Å²) in [6, 6.07) is 5.92. The Bertz CT molecular complexity index is 1030. The van der Waals surface area contributed by atoms with E-state index in [4.69, 9.17) is 0 Å². The fourth-order valence-corrected chi connectivity index (χ4v) is 9.48. The van der Waals surface area contributed by atoms with E-state index in [9.17, 15) is 36.4 Å². The van der Waals surface area contributed by atoms with Crippen LogP contribution in [0.2, 0.25) is 0 Å².